The molecule has 2 aromatic heterocycles. The second-order valence-electron chi connectivity index (χ2n) is 7.66. The van der Waals surface area contributed by atoms with Crippen molar-refractivity contribution in [2.75, 3.05) is 18.4 Å². The van der Waals surface area contributed by atoms with Crippen molar-refractivity contribution in [3.63, 3.8) is 0 Å². The fraction of sp³-hybridized carbons (Fsp3) is 0.286. The molecule has 1 aliphatic heterocycles. The number of carbonyl (C=O) groups is 1. The molecule has 0 saturated carbocycles. The number of carbonyl (C=O) groups excluding carboxylic acids is 1. The van der Waals surface area contributed by atoms with Crippen molar-refractivity contribution in [3.8, 4) is 0 Å². The van der Waals surface area contributed by atoms with Crippen LogP contribution >= 0.6 is 0 Å². The molecule has 180 valence electrons. The maximum absolute atomic E-state index is 14.0. The third-order valence-electron chi connectivity index (χ3n) is 5.48. The van der Waals surface area contributed by atoms with E-state index in [-0.39, 0.29) is 17.8 Å². The third kappa shape index (κ3) is 4.80. The van der Waals surface area contributed by atoms with Crippen molar-refractivity contribution < 1.29 is 30.8 Å². The van der Waals surface area contributed by atoms with E-state index in [1.54, 1.807) is 22.9 Å². The van der Waals surface area contributed by atoms with Crippen LogP contribution in [0.15, 0.2) is 48.9 Å². The number of pyridine rings is 2. The molecule has 0 aliphatic carbocycles. The highest BCUT2D eigenvalue weighted by Gasteiger charge is 2.46. The highest BCUT2D eigenvalue weighted by molar-refractivity contribution is 7.90. The molecule has 1 amide bonds. The zero-order valence-corrected chi connectivity index (χ0v) is 18.3. The molecule has 13 heteroatoms. The number of fused-ring (bicyclic) bond motifs is 1. The number of sulfonamides is 1. The summed E-state index contributed by atoms with van der Waals surface area (Å²) in [6, 6.07) is 7.12. The van der Waals surface area contributed by atoms with Gasteiger partial charge in [0, 0.05) is 42.6 Å². The Morgan fingerprint density at radius 1 is 1.18 bits per heavy atom. The first kappa shape index (κ1) is 23.8. The molecule has 1 aromatic carbocycles. The van der Waals surface area contributed by atoms with Crippen LogP contribution in [0.2, 0.25) is 0 Å². The molecule has 34 heavy (non-hydrogen) atoms. The molecular formula is C21H19F4N5O3S. The van der Waals surface area contributed by atoms with Crippen LogP contribution < -0.4 is 10.0 Å². The van der Waals surface area contributed by atoms with Crippen molar-refractivity contribution in [2.45, 2.75) is 24.4 Å². The second kappa shape index (κ2) is 9.14. The number of halogens is 4. The quantitative estimate of drug-likeness (QED) is 0.505. The van der Waals surface area contributed by atoms with Gasteiger partial charge in [-0.2, -0.15) is 13.2 Å². The Hall–Kier alpha value is -3.32. The molecule has 1 unspecified atom stereocenters. The van der Waals surface area contributed by atoms with E-state index in [1.807, 2.05) is 0 Å². The molecule has 3 heterocycles. The SMILES string of the molecule is O=C(c1ccnc2ccc(Nc3ccncc3F)cc12)N1CCCC1CNS(=O)(=O)C(F)(F)F. The van der Waals surface area contributed by atoms with E-state index in [2.05, 4.69) is 15.3 Å². The smallest absolute Gasteiger partial charge is 0.353 e. The number of amides is 1. The Morgan fingerprint density at radius 3 is 2.71 bits per heavy atom. The topological polar surface area (TPSA) is 104 Å². The van der Waals surface area contributed by atoms with Crippen LogP contribution in [-0.4, -0.2) is 53.8 Å². The molecule has 1 aliphatic rings. The molecule has 1 fully saturated rings. The van der Waals surface area contributed by atoms with Crippen LogP contribution in [0.25, 0.3) is 10.9 Å². The van der Waals surface area contributed by atoms with Gasteiger partial charge in [-0.05, 0) is 43.2 Å². The lowest BCUT2D eigenvalue weighted by atomic mass is 10.1. The van der Waals surface area contributed by atoms with Crippen LogP contribution in [0, 0.1) is 5.82 Å². The van der Waals surface area contributed by atoms with Crippen LogP contribution in [0.5, 0.6) is 0 Å². The number of aromatic nitrogens is 2. The Labute approximate surface area is 192 Å². The average Bonchev–Trinajstić information content (AvgIpc) is 3.26. The van der Waals surface area contributed by atoms with Crippen LogP contribution in [-0.2, 0) is 10.0 Å². The van der Waals surface area contributed by atoms with Crippen molar-refractivity contribution >= 4 is 38.2 Å². The number of alkyl halides is 3. The van der Waals surface area contributed by atoms with Crippen LogP contribution in [0.1, 0.15) is 23.2 Å². The number of hydrogen-bond acceptors (Lipinski definition) is 6. The fourth-order valence-electron chi connectivity index (χ4n) is 3.80. The first-order valence-corrected chi connectivity index (χ1v) is 11.7. The molecule has 4 rings (SSSR count). The first-order chi connectivity index (χ1) is 16.1. The summed E-state index contributed by atoms with van der Waals surface area (Å²) >= 11 is 0. The van der Waals surface area contributed by atoms with Gasteiger partial charge >= 0.3 is 15.5 Å². The zero-order chi connectivity index (χ0) is 24.5. The van der Waals surface area contributed by atoms with E-state index in [1.165, 1.54) is 29.4 Å². The summed E-state index contributed by atoms with van der Waals surface area (Å²) in [7, 11) is -5.51. The van der Waals surface area contributed by atoms with Gasteiger partial charge in [0.05, 0.1) is 23.0 Å². The number of rotatable bonds is 6. The number of hydrogen-bond donors (Lipinski definition) is 2. The van der Waals surface area contributed by atoms with E-state index < -0.39 is 39.8 Å². The van der Waals surface area contributed by atoms with Crippen molar-refractivity contribution in [1.82, 2.24) is 19.6 Å². The summed E-state index contributed by atoms with van der Waals surface area (Å²) < 4.78 is 76.2. The summed E-state index contributed by atoms with van der Waals surface area (Å²) in [6.07, 6.45) is 4.77. The van der Waals surface area contributed by atoms with Gasteiger partial charge in [-0.25, -0.2) is 17.5 Å². The molecule has 1 saturated heterocycles. The van der Waals surface area contributed by atoms with E-state index in [0.29, 0.717) is 29.4 Å². The van der Waals surface area contributed by atoms with E-state index in [9.17, 15) is 30.8 Å². The minimum Gasteiger partial charge on any atom is -0.353 e. The summed E-state index contributed by atoms with van der Waals surface area (Å²) in [5.41, 5.74) is -4.04. The molecule has 0 spiro atoms. The maximum atomic E-state index is 14.0. The lowest BCUT2D eigenvalue weighted by Crippen LogP contribution is -2.46. The van der Waals surface area contributed by atoms with E-state index >= 15 is 0 Å². The molecule has 0 radical (unpaired) electrons. The Kier molecular flexibility index (Phi) is 6.41. The van der Waals surface area contributed by atoms with Gasteiger partial charge < -0.3 is 10.2 Å². The first-order valence-electron chi connectivity index (χ1n) is 10.2. The van der Waals surface area contributed by atoms with Gasteiger partial charge in [0.1, 0.15) is 0 Å². The summed E-state index contributed by atoms with van der Waals surface area (Å²) in [5, 5.41) is 3.36. The van der Waals surface area contributed by atoms with Gasteiger partial charge in [0.25, 0.3) is 5.91 Å². The fourth-order valence-corrected chi connectivity index (χ4v) is 4.38. The van der Waals surface area contributed by atoms with E-state index in [4.69, 9.17) is 0 Å². The Morgan fingerprint density at radius 2 is 1.97 bits per heavy atom. The van der Waals surface area contributed by atoms with Crippen LogP contribution in [0.3, 0.4) is 0 Å². The largest absolute Gasteiger partial charge is 0.511 e. The molecular weight excluding hydrogens is 478 g/mol. The minimum absolute atomic E-state index is 0.183. The summed E-state index contributed by atoms with van der Waals surface area (Å²) in [5.74, 6) is -1.03. The lowest BCUT2D eigenvalue weighted by Gasteiger charge is -2.25. The number of nitrogens with zero attached hydrogens (tertiary/aromatic N) is 3. The summed E-state index contributed by atoms with van der Waals surface area (Å²) in [4.78, 5) is 22.6. The van der Waals surface area contributed by atoms with Crippen molar-refractivity contribution in [3.05, 3.63) is 60.3 Å². The highest BCUT2D eigenvalue weighted by Crippen LogP contribution is 2.28. The van der Waals surface area contributed by atoms with Gasteiger partial charge in [0.2, 0.25) is 0 Å². The van der Waals surface area contributed by atoms with Crippen molar-refractivity contribution in [1.29, 1.82) is 0 Å². The van der Waals surface area contributed by atoms with Crippen LogP contribution in [0.4, 0.5) is 28.9 Å². The predicted octanol–water partition coefficient (Wildman–Crippen LogP) is 3.56. The number of likely N-dealkylation sites (tertiary alicyclic amines) is 1. The molecule has 2 N–H and O–H groups in total. The number of benzene rings is 1. The van der Waals surface area contributed by atoms with Gasteiger partial charge in [-0.3, -0.25) is 14.8 Å². The number of anilines is 2. The summed E-state index contributed by atoms with van der Waals surface area (Å²) in [6.45, 7) is -0.286. The van der Waals surface area contributed by atoms with E-state index in [0.717, 1.165) is 6.20 Å². The average molecular weight is 497 g/mol. The van der Waals surface area contributed by atoms with Gasteiger partial charge in [-0.15, -0.1) is 0 Å². The Bertz CT molecular complexity index is 1330. The monoisotopic (exact) mass is 497 g/mol. The van der Waals surface area contributed by atoms with Gasteiger partial charge in [-0.1, -0.05) is 0 Å². The minimum atomic E-state index is -5.51. The predicted molar refractivity (Wildman–Crippen MR) is 116 cm³/mol. The zero-order valence-electron chi connectivity index (χ0n) is 17.5. The second-order valence-corrected chi connectivity index (χ2v) is 9.42. The molecule has 1 atom stereocenters. The lowest BCUT2D eigenvalue weighted by molar-refractivity contribution is -0.0448. The normalized spacial score (nSPS) is 16.7. The van der Waals surface area contributed by atoms with Gasteiger partial charge in [0.15, 0.2) is 5.82 Å². The highest BCUT2D eigenvalue weighted by atomic mass is 32.2. The maximum Gasteiger partial charge on any atom is 0.511 e. The Balaban J connectivity index is 1.59. The number of nitrogens with one attached hydrogen (secondary N) is 2. The standard InChI is InChI=1S/C21H19F4N5O3S/c22-17-12-26-7-6-19(17)29-13-3-4-18-16(10-13)15(5-8-27-18)20(31)30-9-1-2-14(30)11-28-34(32,33)21(23,24)25/h3-8,10,12,14,28H,1-2,9,11H2,(H,26,29). The molecule has 0 bridgehead atoms. The van der Waals surface area contributed by atoms with Crippen molar-refractivity contribution in [2.24, 2.45) is 0 Å². The third-order valence-corrected chi connectivity index (χ3v) is 6.63. The molecule has 8 nitrogen and oxygen atoms in total. The molecule has 3 aromatic rings.